The first-order valence-corrected chi connectivity index (χ1v) is 5.97. The average molecular weight is 291 g/mol. The molecule has 0 fully saturated rings. The van der Waals surface area contributed by atoms with E-state index in [2.05, 4.69) is 10.6 Å². The molecular formula is C11H21N3O6. The van der Waals surface area contributed by atoms with Gasteiger partial charge >= 0.3 is 5.79 Å². The van der Waals surface area contributed by atoms with Gasteiger partial charge in [0, 0.05) is 20.7 Å². The van der Waals surface area contributed by atoms with Crippen LogP contribution < -0.4 is 16.4 Å². The third-order valence-corrected chi connectivity index (χ3v) is 2.61. The summed E-state index contributed by atoms with van der Waals surface area (Å²) < 4.78 is 9.83. The molecule has 0 rings (SSSR count). The Morgan fingerprint density at radius 1 is 1.35 bits per heavy atom. The average Bonchev–Trinajstić information content (AvgIpc) is 2.42. The van der Waals surface area contributed by atoms with Crippen LogP contribution in [0.15, 0.2) is 0 Å². The van der Waals surface area contributed by atoms with Crippen molar-refractivity contribution >= 4 is 17.7 Å². The predicted molar refractivity (Wildman–Crippen MR) is 67.9 cm³/mol. The van der Waals surface area contributed by atoms with Crippen molar-refractivity contribution in [3.63, 3.8) is 0 Å². The SMILES string of the molecule is CCNC(=O)C(OC)(OC(O)C(C)C(N)=O)C(=O)NC. The molecule has 3 atom stereocenters. The van der Waals surface area contributed by atoms with Crippen LogP contribution in [0.1, 0.15) is 13.8 Å². The van der Waals surface area contributed by atoms with Gasteiger partial charge in [-0.1, -0.05) is 0 Å². The fourth-order valence-corrected chi connectivity index (χ4v) is 1.30. The van der Waals surface area contributed by atoms with Crippen molar-refractivity contribution in [2.75, 3.05) is 20.7 Å². The number of aliphatic hydroxyl groups is 1. The van der Waals surface area contributed by atoms with E-state index in [-0.39, 0.29) is 6.54 Å². The van der Waals surface area contributed by atoms with E-state index in [1.807, 2.05) is 0 Å². The van der Waals surface area contributed by atoms with E-state index in [0.717, 1.165) is 7.11 Å². The van der Waals surface area contributed by atoms with Gasteiger partial charge in [-0.25, -0.2) is 0 Å². The van der Waals surface area contributed by atoms with Crippen LogP contribution >= 0.6 is 0 Å². The van der Waals surface area contributed by atoms with E-state index in [1.54, 1.807) is 6.92 Å². The van der Waals surface area contributed by atoms with E-state index >= 15 is 0 Å². The topological polar surface area (TPSA) is 140 Å². The molecule has 0 spiro atoms. The lowest BCUT2D eigenvalue weighted by Crippen LogP contribution is -2.61. The number of rotatable bonds is 8. The minimum Gasteiger partial charge on any atom is -0.369 e. The third-order valence-electron chi connectivity index (χ3n) is 2.61. The third kappa shape index (κ3) is 3.89. The number of hydrogen-bond donors (Lipinski definition) is 4. The van der Waals surface area contributed by atoms with Gasteiger partial charge < -0.3 is 30.9 Å². The summed E-state index contributed by atoms with van der Waals surface area (Å²) in [5.74, 6) is -6.23. The molecular weight excluding hydrogens is 270 g/mol. The molecule has 0 saturated carbocycles. The number of nitrogens with one attached hydrogen (secondary N) is 2. The highest BCUT2D eigenvalue weighted by molar-refractivity contribution is 6.06. The molecule has 0 bridgehead atoms. The summed E-state index contributed by atoms with van der Waals surface area (Å²) in [5, 5.41) is 14.3. The number of ether oxygens (including phenoxy) is 2. The maximum absolute atomic E-state index is 12.0. The Morgan fingerprint density at radius 3 is 2.25 bits per heavy atom. The zero-order chi connectivity index (χ0) is 15.9. The zero-order valence-corrected chi connectivity index (χ0v) is 11.9. The number of carbonyl (C=O) groups is 3. The minimum absolute atomic E-state index is 0.214. The van der Waals surface area contributed by atoms with Crippen LogP contribution in [0.5, 0.6) is 0 Å². The molecule has 0 heterocycles. The quantitative estimate of drug-likeness (QED) is 0.292. The highest BCUT2D eigenvalue weighted by Crippen LogP contribution is 2.19. The Kier molecular flexibility index (Phi) is 7.11. The number of likely N-dealkylation sites (N-methyl/N-ethyl adjacent to an activating group) is 2. The van der Waals surface area contributed by atoms with Crippen molar-refractivity contribution in [1.29, 1.82) is 0 Å². The van der Waals surface area contributed by atoms with Gasteiger partial charge in [0.05, 0.1) is 5.92 Å². The lowest BCUT2D eigenvalue weighted by Gasteiger charge is -2.32. The zero-order valence-electron chi connectivity index (χ0n) is 11.9. The van der Waals surface area contributed by atoms with Crippen molar-refractivity contribution < 1.29 is 29.0 Å². The van der Waals surface area contributed by atoms with Crippen LogP contribution in [0.3, 0.4) is 0 Å². The molecule has 3 amide bonds. The Hall–Kier alpha value is -1.71. The maximum atomic E-state index is 12.0. The monoisotopic (exact) mass is 291 g/mol. The molecule has 0 aromatic carbocycles. The Balaban J connectivity index is 5.36. The van der Waals surface area contributed by atoms with E-state index in [0.29, 0.717) is 0 Å². The number of carbonyl (C=O) groups excluding carboxylic acids is 3. The van der Waals surface area contributed by atoms with Gasteiger partial charge in [-0.15, -0.1) is 0 Å². The fraction of sp³-hybridized carbons (Fsp3) is 0.727. The number of methoxy groups -OCH3 is 1. The Labute approximate surface area is 116 Å². The highest BCUT2D eigenvalue weighted by atomic mass is 16.8. The van der Waals surface area contributed by atoms with Crippen LogP contribution in [0.4, 0.5) is 0 Å². The summed E-state index contributed by atoms with van der Waals surface area (Å²) in [6.07, 6.45) is -1.78. The van der Waals surface area contributed by atoms with Gasteiger partial charge in [-0.2, -0.15) is 0 Å². The molecule has 0 saturated heterocycles. The first kappa shape index (κ1) is 18.3. The normalized spacial score (nSPS) is 16.6. The van der Waals surface area contributed by atoms with Crippen molar-refractivity contribution in [3.05, 3.63) is 0 Å². The Morgan fingerprint density at radius 2 is 1.90 bits per heavy atom. The predicted octanol–water partition coefficient (Wildman–Crippen LogP) is -2.33. The molecule has 0 aromatic rings. The smallest absolute Gasteiger partial charge is 0.333 e. The number of aliphatic hydroxyl groups excluding tert-OH is 1. The summed E-state index contributed by atoms with van der Waals surface area (Å²) >= 11 is 0. The lowest BCUT2D eigenvalue weighted by atomic mass is 10.1. The van der Waals surface area contributed by atoms with E-state index < -0.39 is 35.7 Å². The molecule has 9 nitrogen and oxygen atoms in total. The number of hydrogen-bond acceptors (Lipinski definition) is 6. The lowest BCUT2D eigenvalue weighted by molar-refractivity contribution is -0.273. The molecule has 5 N–H and O–H groups in total. The fourth-order valence-electron chi connectivity index (χ4n) is 1.30. The first-order chi connectivity index (χ1) is 9.26. The Bertz CT molecular complexity index is 375. The molecule has 20 heavy (non-hydrogen) atoms. The van der Waals surface area contributed by atoms with E-state index in [1.165, 1.54) is 14.0 Å². The molecule has 0 radical (unpaired) electrons. The summed E-state index contributed by atoms with van der Waals surface area (Å²) in [5.41, 5.74) is 5.02. The largest absolute Gasteiger partial charge is 0.369 e. The van der Waals surface area contributed by atoms with Crippen LogP contribution in [-0.2, 0) is 23.9 Å². The number of amides is 3. The standard InChI is InChI=1S/C11H21N3O6/c1-5-14-10(18)11(19-4,9(17)13-3)20-8(16)6(2)7(12)15/h6,8,16H,5H2,1-4H3,(H2,12,15)(H,13,17)(H,14,18). The molecule has 9 heteroatoms. The summed E-state index contributed by atoms with van der Waals surface area (Å²) in [6, 6.07) is 0. The van der Waals surface area contributed by atoms with Crippen LogP contribution in [0.2, 0.25) is 0 Å². The molecule has 3 unspecified atom stereocenters. The van der Waals surface area contributed by atoms with Gasteiger partial charge in [0.15, 0.2) is 6.29 Å². The summed E-state index contributed by atoms with van der Waals surface area (Å²) in [7, 11) is 2.33. The molecule has 0 aromatic heterocycles. The van der Waals surface area contributed by atoms with Gasteiger partial charge in [-0.05, 0) is 13.8 Å². The molecule has 0 aliphatic rings. The maximum Gasteiger partial charge on any atom is 0.333 e. The molecule has 0 aliphatic carbocycles. The second-order valence-electron chi connectivity index (χ2n) is 3.96. The van der Waals surface area contributed by atoms with Crippen molar-refractivity contribution in [2.24, 2.45) is 11.7 Å². The second-order valence-corrected chi connectivity index (χ2v) is 3.96. The van der Waals surface area contributed by atoms with Crippen LogP contribution in [-0.4, -0.2) is 55.6 Å². The van der Waals surface area contributed by atoms with Crippen molar-refractivity contribution in [3.8, 4) is 0 Å². The van der Waals surface area contributed by atoms with Crippen molar-refractivity contribution in [2.45, 2.75) is 25.9 Å². The summed E-state index contributed by atoms with van der Waals surface area (Å²) in [4.78, 5) is 34.8. The number of nitrogens with two attached hydrogens (primary N) is 1. The van der Waals surface area contributed by atoms with Crippen molar-refractivity contribution in [1.82, 2.24) is 10.6 Å². The van der Waals surface area contributed by atoms with Gasteiger partial charge in [0.1, 0.15) is 0 Å². The van der Waals surface area contributed by atoms with Crippen LogP contribution in [0.25, 0.3) is 0 Å². The molecule has 0 aliphatic heterocycles. The minimum atomic E-state index is -2.41. The second kappa shape index (κ2) is 7.78. The van der Waals surface area contributed by atoms with Gasteiger partial charge in [-0.3, -0.25) is 14.4 Å². The van der Waals surface area contributed by atoms with Crippen LogP contribution in [0, 0.1) is 5.92 Å². The first-order valence-electron chi connectivity index (χ1n) is 5.97. The molecule has 116 valence electrons. The summed E-state index contributed by atoms with van der Waals surface area (Å²) in [6.45, 7) is 3.13. The van der Waals surface area contributed by atoms with Gasteiger partial charge in [0.25, 0.3) is 11.8 Å². The highest BCUT2D eigenvalue weighted by Gasteiger charge is 2.50. The van der Waals surface area contributed by atoms with E-state index in [4.69, 9.17) is 15.2 Å². The van der Waals surface area contributed by atoms with E-state index in [9.17, 15) is 19.5 Å². The number of primary amides is 1. The van der Waals surface area contributed by atoms with Gasteiger partial charge in [0.2, 0.25) is 5.91 Å².